The van der Waals surface area contributed by atoms with Gasteiger partial charge in [-0.1, -0.05) is 5.21 Å². The molecule has 0 aliphatic heterocycles. The molecule has 0 bridgehead atoms. The molecule has 0 saturated carbocycles. The van der Waals surface area contributed by atoms with Gasteiger partial charge in [-0.15, -0.1) is 15.3 Å². The molecule has 17 heavy (non-hydrogen) atoms. The third-order valence-electron chi connectivity index (χ3n) is 2.31. The molecule has 2 N–H and O–H groups in total. The summed E-state index contributed by atoms with van der Waals surface area (Å²) in [6.07, 6.45) is 5.29. The Balaban J connectivity index is 2.07. The first-order valence-electron chi connectivity index (χ1n) is 5.15. The Hall–Kier alpha value is -2.35. The van der Waals surface area contributed by atoms with Crippen molar-refractivity contribution in [1.82, 2.24) is 34.6 Å². The molecule has 0 aliphatic rings. The molecule has 0 aliphatic carbocycles. The molecular weight excluding hydrogens is 220 g/mol. The topological polar surface area (TPSA) is 99.8 Å². The van der Waals surface area contributed by atoms with Crippen molar-refractivity contribution in [3.63, 3.8) is 0 Å². The van der Waals surface area contributed by atoms with Crippen LogP contribution in [0.5, 0.6) is 0 Å². The second-order valence-corrected chi connectivity index (χ2v) is 3.47. The zero-order valence-electron chi connectivity index (χ0n) is 8.93. The van der Waals surface area contributed by atoms with E-state index >= 15 is 0 Å². The van der Waals surface area contributed by atoms with Gasteiger partial charge in [-0.3, -0.25) is 9.08 Å². The quantitative estimate of drug-likeness (QED) is 0.641. The highest BCUT2D eigenvalue weighted by molar-refractivity contribution is 5.51. The first-order valence-corrected chi connectivity index (χ1v) is 5.15. The highest BCUT2D eigenvalue weighted by Gasteiger charge is 2.11. The van der Waals surface area contributed by atoms with E-state index in [1.165, 1.54) is 0 Å². The third kappa shape index (κ3) is 1.64. The van der Waals surface area contributed by atoms with Crippen molar-refractivity contribution >= 4 is 5.78 Å². The second-order valence-electron chi connectivity index (χ2n) is 3.47. The molecule has 3 heterocycles. The number of nitrogens with two attached hydrogens (primary N) is 1. The molecule has 0 aromatic carbocycles. The minimum absolute atomic E-state index is 0.519. The summed E-state index contributed by atoms with van der Waals surface area (Å²) in [6.45, 7) is 1.15. The van der Waals surface area contributed by atoms with Crippen LogP contribution in [0.15, 0.2) is 24.7 Å². The van der Waals surface area contributed by atoms with Gasteiger partial charge in [0.05, 0.1) is 12.7 Å². The van der Waals surface area contributed by atoms with E-state index in [-0.39, 0.29) is 0 Å². The van der Waals surface area contributed by atoms with Gasteiger partial charge < -0.3 is 5.73 Å². The normalized spacial score (nSPS) is 11.1. The molecule has 0 fully saturated rings. The van der Waals surface area contributed by atoms with E-state index in [1.54, 1.807) is 21.5 Å². The third-order valence-corrected chi connectivity index (χ3v) is 2.31. The molecule has 86 valence electrons. The first kappa shape index (κ1) is 9.85. The maximum Gasteiger partial charge on any atom is 0.255 e. The Kier molecular flexibility index (Phi) is 2.26. The summed E-state index contributed by atoms with van der Waals surface area (Å²) >= 11 is 0. The van der Waals surface area contributed by atoms with Gasteiger partial charge in [0.2, 0.25) is 0 Å². The summed E-state index contributed by atoms with van der Waals surface area (Å²) in [5.74, 6) is 1.16. The Morgan fingerprint density at radius 1 is 1.24 bits per heavy atom. The fourth-order valence-electron chi connectivity index (χ4n) is 1.56. The van der Waals surface area contributed by atoms with Crippen molar-refractivity contribution in [1.29, 1.82) is 0 Å². The first-order chi connectivity index (χ1) is 8.38. The van der Waals surface area contributed by atoms with Crippen LogP contribution in [0.3, 0.4) is 0 Å². The lowest BCUT2D eigenvalue weighted by molar-refractivity contribution is 0.598. The molecule has 8 nitrogen and oxygen atoms in total. The average Bonchev–Trinajstić information content (AvgIpc) is 2.95. The van der Waals surface area contributed by atoms with Crippen molar-refractivity contribution in [2.75, 3.05) is 6.54 Å². The zero-order valence-corrected chi connectivity index (χ0v) is 8.93. The maximum atomic E-state index is 5.45. The molecule has 0 radical (unpaired) electrons. The predicted octanol–water partition coefficient (Wildman–Crippen LogP) is -0.659. The average molecular weight is 230 g/mol. The van der Waals surface area contributed by atoms with Gasteiger partial charge in [0.25, 0.3) is 5.78 Å². The minimum Gasteiger partial charge on any atom is -0.329 e. The van der Waals surface area contributed by atoms with Gasteiger partial charge in [-0.05, 0) is 6.07 Å². The van der Waals surface area contributed by atoms with Crippen LogP contribution in [-0.2, 0) is 6.54 Å². The number of hydrogen-bond acceptors (Lipinski definition) is 6. The number of hydrogen-bond donors (Lipinski definition) is 1. The summed E-state index contributed by atoms with van der Waals surface area (Å²) in [7, 11) is 0. The molecule has 3 rings (SSSR count). The van der Waals surface area contributed by atoms with E-state index in [0.29, 0.717) is 30.4 Å². The number of aromatic nitrogens is 7. The van der Waals surface area contributed by atoms with E-state index in [1.807, 2.05) is 12.3 Å². The van der Waals surface area contributed by atoms with E-state index in [2.05, 4.69) is 25.5 Å². The molecule has 3 aromatic rings. The Bertz CT molecular complexity index is 639. The summed E-state index contributed by atoms with van der Waals surface area (Å²) in [4.78, 5) is 4.08. The van der Waals surface area contributed by atoms with Crippen LogP contribution in [0.2, 0.25) is 0 Å². The smallest absolute Gasteiger partial charge is 0.255 e. The van der Waals surface area contributed by atoms with Crippen molar-refractivity contribution in [2.45, 2.75) is 6.54 Å². The maximum absolute atomic E-state index is 5.45. The monoisotopic (exact) mass is 230 g/mol. The van der Waals surface area contributed by atoms with E-state index in [4.69, 9.17) is 5.73 Å². The summed E-state index contributed by atoms with van der Waals surface area (Å²) in [6, 6.07) is 1.81. The van der Waals surface area contributed by atoms with Gasteiger partial charge in [0.1, 0.15) is 0 Å². The Labute approximate surface area is 96.1 Å². The fourth-order valence-corrected chi connectivity index (χ4v) is 1.56. The molecule has 0 unspecified atom stereocenters. The summed E-state index contributed by atoms with van der Waals surface area (Å²) in [5, 5.41) is 16.0. The van der Waals surface area contributed by atoms with Crippen LogP contribution in [0.25, 0.3) is 17.3 Å². The van der Waals surface area contributed by atoms with E-state index in [9.17, 15) is 0 Å². The minimum atomic E-state index is 0.519. The Morgan fingerprint density at radius 3 is 3.06 bits per heavy atom. The van der Waals surface area contributed by atoms with Crippen molar-refractivity contribution < 1.29 is 0 Å². The van der Waals surface area contributed by atoms with Gasteiger partial charge in [0, 0.05) is 18.9 Å². The zero-order chi connectivity index (χ0) is 11.7. The lowest BCUT2D eigenvalue weighted by Crippen LogP contribution is -2.10. The molecule has 0 spiro atoms. The van der Waals surface area contributed by atoms with Crippen LogP contribution in [-0.4, -0.2) is 41.1 Å². The van der Waals surface area contributed by atoms with Crippen LogP contribution in [0.4, 0.5) is 0 Å². The van der Waals surface area contributed by atoms with E-state index in [0.717, 1.165) is 0 Å². The van der Waals surface area contributed by atoms with Gasteiger partial charge >= 0.3 is 0 Å². The SMILES string of the molecule is NCCn1cc(-c2nnc3ncccn23)nn1. The van der Waals surface area contributed by atoms with Crippen molar-refractivity contribution in [3.8, 4) is 11.5 Å². The molecular formula is C9H10N8. The number of nitrogens with zero attached hydrogens (tertiary/aromatic N) is 7. The van der Waals surface area contributed by atoms with Crippen LogP contribution in [0, 0.1) is 0 Å². The van der Waals surface area contributed by atoms with Crippen molar-refractivity contribution in [2.24, 2.45) is 5.73 Å². The lowest BCUT2D eigenvalue weighted by Gasteiger charge is -1.94. The fraction of sp³-hybridized carbons (Fsp3) is 0.222. The molecule has 0 amide bonds. The second kappa shape index (κ2) is 3.91. The predicted molar refractivity (Wildman–Crippen MR) is 58.9 cm³/mol. The van der Waals surface area contributed by atoms with Crippen LogP contribution in [0.1, 0.15) is 0 Å². The molecule has 0 atom stereocenters. The molecule has 8 heteroatoms. The Morgan fingerprint density at radius 2 is 2.18 bits per heavy atom. The van der Waals surface area contributed by atoms with Crippen LogP contribution >= 0.6 is 0 Å². The number of fused-ring (bicyclic) bond motifs is 1. The van der Waals surface area contributed by atoms with Crippen LogP contribution < -0.4 is 5.73 Å². The van der Waals surface area contributed by atoms with Gasteiger partial charge in [0.15, 0.2) is 11.5 Å². The highest BCUT2D eigenvalue weighted by atomic mass is 15.4. The highest BCUT2D eigenvalue weighted by Crippen LogP contribution is 2.13. The summed E-state index contributed by atoms with van der Waals surface area (Å²) in [5.41, 5.74) is 6.10. The van der Waals surface area contributed by atoms with Crippen molar-refractivity contribution in [3.05, 3.63) is 24.7 Å². The molecule has 3 aromatic heterocycles. The number of rotatable bonds is 3. The standard InChI is InChI=1S/C9H10N8/c10-2-5-16-6-7(12-15-16)8-13-14-9-11-3-1-4-17(8)9/h1,3-4,6H,2,5,10H2. The summed E-state index contributed by atoms with van der Waals surface area (Å²) < 4.78 is 3.43. The van der Waals surface area contributed by atoms with Gasteiger partial charge in [-0.2, -0.15) is 0 Å². The van der Waals surface area contributed by atoms with Gasteiger partial charge in [-0.25, -0.2) is 4.98 Å². The lowest BCUT2D eigenvalue weighted by atomic mass is 10.4. The molecule has 0 saturated heterocycles. The van der Waals surface area contributed by atoms with E-state index < -0.39 is 0 Å². The largest absolute Gasteiger partial charge is 0.329 e.